The lowest BCUT2D eigenvalue weighted by Crippen LogP contribution is -2.46. The summed E-state index contributed by atoms with van der Waals surface area (Å²) in [5.41, 5.74) is 5.69. The minimum Gasteiger partial charge on any atom is -0.372 e. The Hall–Kier alpha value is -2.28. The molecule has 2 saturated heterocycles. The van der Waals surface area contributed by atoms with E-state index in [1.165, 1.54) is 11.3 Å². The van der Waals surface area contributed by atoms with Crippen molar-refractivity contribution in [1.29, 1.82) is 0 Å². The molecule has 2 aromatic heterocycles. The number of halogens is 1. The fourth-order valence-electron chi connectivity index (χ4n) is 5.78. The Morgan fingerprint density at radius 3 is 2.84 bits per heavy atom. The maximum atomic E-state index is 6.62. The van der Waals surface area contributed by atoms with E-state index in [1.54, 1.807) is 0 Å². The summed E-state index contributed by atoms with van der Waals surface area (Å²) in [5, 5.41) is 9.08. The lowest BCUT2D eigenvalue weighted by molar-refractivity contribution is -0.0452. The maximum absolute atomic E-state index is 6.62. The number of hydrogen-bond acceptors (Lipinski definition) is 4. The third-order valence-corrected chi connectivity index (χ3v) is 7.59. The molecule has 0 saturated carbocycles. The SMILES string of the molecule is Cc1nn(C)cc1CN1CCC2(CC1)CC1(CO2)Nc2cc(Cl)ccc2-n2cccc21. The van der Waals surface area contributed by atoms with Crippen LogP contribution in [0.25, 0.3) is 5.69 Å². The van der Waals surface area contributed by atoms with Gasteiger partial charge in [-0.25, -0.2) is 0 Å². The zero-order valence-corrected chi connectivity index (χ0v) is 18.8. The zero-order chi connectivity index (χ0) is 21.2. The molecular formula is C24H28ClN5O. The van der Waals surface area contributed by atoms with Crippen LogP contribution in [0.4, 0.5) is 5.69 Å². The minimum atomic E-state index is -0.205. The lowest BCUT2D eigenvalue weighted by atomic mass is 9.79. The van der Waals surface area contributed by atoms with E-state index in [0.29, 0.717) is 6.61 Å². The Kier molecular flexibility index (Phi) is 4.29. The number of anilines is 1. The van der Waals surface area contributed by atoms with Crippen LogP contribution in [0, 0.1) is 6.92 Å². The number of likely N-dealkylation sites (tertiary alicyclic amines) is 1. The van der Waals surface area contributed by atoms with E-state index in [0.717, 1.165) is 61.0 Å². The first-order valence-electron chi connectivity index (χ1n) is 11.1. The molecule has 6 rings (SSSR count). The molecule has 0 bridgehead atoms. The molecule has 0 amide bonds. The number of benzene rings is 1. The predicted molar refractivity (Wildman–Crippen MR) is 122 cm³/mol. The van der Waals surface area contributed by atoms with Gasteiger partial charge >= 0.3 is 0 Å². The van der Waals surface area contributed by atoms with Crippen molar-refractivity contribution >= 4 is 17.3 Å². The second-order valence-corrected chi connectivity index (χ2v) is 9.91. The van der Waals surface area contributed by atoms with Crippen molar-refractivity contribution in [2.75, 3.05) is 25.0 Å². The zero-order valence-electron chi connectivity index (χ0n) is 18.1. The van der Waals surface area contributed by atoms with Gasteiger partial charge in [0, 0.05) is 56.1 Å². The molecule has 1 unspecified atom stereocenters. The Morgan fingerprint density at radius 1 is 1.23 bits per heavy atom. The quantitative estimate of drug-likeness (QED) is 0.651. The van der Waals surface area contributed by atoms with Crippen molar-refractivity contribution < 1.29 is 4.74 Å². The maximum Gasteiger partial charge on any atom is 0.104 e. The molecule has 3 aliphatic rings. The summed E-state index contributed by atoms with van der Waals surface area (Å²) in [6.07, 6.45) is 7.38. The first-order chi connectivity index (χ1) is 15.0. The molecule has 2 spiro atoms. The standard InChI is InChI=1S/C24H28ClN5O/c1-17-18(13-28(2)27-17)14-29-10-7-23(8-11-29)15-24(16-31-23)22-4-3-9-30(22)21-6-5-19(25)12-20(21)26-24/h3-6,9,12-13,26H,7-8,10-11,14-16H2,1-2H3. The summed E-state index contributed by atoms with van der Waals surface area (Å²) in [6, 6.07) is 10.4. The molecule has 162 valence electrons. The van der Waals surface area contributed by atoms with Gasteiger partial charge in [0.15, 0.2) is 0 Å². The molecule has 5 heterocycles. The Balaban J connectivity index is 1.22. The van der Waals surface area contributed by atoms with E-state index in [-0.39, 0.29) is 11.1 Å². The fourth-order valence-corrected chi connectivity index (χ4v) is 5.95. The van der Waals surface area contributed by atoms with Gasteiger partial charge in [0.1, 0.15) is 5.54 Å². The van der Waals surface area contributed by atoms with Crippen molar-refractivity contribution in [2.45, 2.75) is 43.9 Å². The van der Waals surface area contributed by atoms with Gasteiger partial charge in [-0.1, -0.05) is 11.6 Å². The normalized spacial score (nSPS) is 24.4. The van der Waals surface area contributed by atoms with Crippen LogP contribution in [0.3, 0.4) is 0 Å². The molecule has 6 nitrogen and oxygen atoms in total. The molecule has 1 N–H and O–H groups in total. The summed E-state index contributed by atoms with van der Waals surface area (Å²) in [4.78, 5) is 2.54. The highest BCUT2D eigenvalue weighted by molar-refractivity contribution is 6.31. The third kappa shape index (κ3) is 3.12. The van der Waals surface area contributed by atoms with Gasteiger partial charge in [0.25, 0.3) is 0 Å². The number of piperidine rings is 1. The summed E-state index contributed by atoms with van der Waals surface area (Å²) in [6.45, 7) is 5.85. The van der Waals surface area contributed by atoms with Crippen LogP contribution in [-0.4, -0.2) is 44.5 Å². The number of nitrogens with one attached hydrogen (secondary N) is 1. The van der Waals surface area contributed by atoms with Gasteiger partial charge in [-0.2, -0.15) is 5.10 Å². The number of aromatic nitrogens is 3. The van der Waals surface area contributed by atoms with Crippen LogP contribution in [0.2, 0.25) is 5.02 Å². The number of aryl methyl sites for hydroxylation is 2. The van der Waals surface area contributed by atoms with Gasteiger partial charge in [-0.05, 0) is 50.1 Å². The molecule has 3 aliphatic heterocycles. The average Bonchev–Trinajstić information content (AvgIpc) is 3.43. The molecule has 7 heteroatoms. The largest absolute Gasteiger partial charge is 0.372 e. The highest BCUT2D eigenvalue weighted by atomic mass is 35.5. The van der Waals surface area contributed by atoms with Crippen LogP contribution in [0.5, 0.6) is 0 Å². The average molecular weight is 438 g/mol. The smallest absolute Gasteiger partial charge is 0.104 e. The number of ether oxygens (including phenoxy) is 1. The summed E-state index contributed by atoms with van der Waals surface area (Å²) < 4.78 is 10.8. The molecule has 3 aromatic rings. The molecule has 0 aliphatic carbocycles. The summed E-state index contributed by atoms with van der Waals surface area (Å²) in [7, 11) is 1.99. The molecule has 0 radical (unpaired) electrons. The van der Waals surface area contributed by atoms with E-state index in [4.69, 9.17) is 16.3 Å². The predicted octanol–water partition coefficient (Wildman–Crippen LogP) is 4.25. The van der Waals surface area contributed by atoms with Crippen LogP contribution in [-0.2, 0) is 23.9 Å². The van der Waals surface area contributed by atoms with Gasteiger partial charge in [0.2, 0.25) is 0 Å². The second-order valence-electron chi connectivity index (χ2n) is 9.47. The van der Waals surface area contributed by atoms with Crippen molar-refractivity contribution in [3.05, 3.63) is 64.7 Å². The van der Waals surface area contributed by atoms with Crippen molar-refractivity contribution in [3.8, 4) is 5.69 Å². The van der Waals surface area contributed by atoms with E-state index >= 15 is 0 Å². The van der Waals surface area contributed by atoms with E-state index < -0.39 is 0 Å². The molecular weight excluding hydrogens is 410 g/mol. The molecule has 31 heavy (non-hydrogen) atoms. The van der Waals surface area contributed by atoms with Gasteiger partial charge < -0.3 is 14.6 Å². The first-order valence-corrected chi connectivity index (χ1v) is 11.4. The highest BCUT2D eigenvalue weighted by Gasteiger charge is 2.53. The second kappa shape index (κ2) is 6.86. The number of fused-ring (bicyclic) bond motifs is 4. The van der Waals surface area contributed by atoms with Crippen LogP contribution >= 0.6 is 11.6 Å². The number of nitrogens with zero attached hydrogens (tertiary/aromatic N) is 4. The molecule has 1 aromatic carbocycles. The highest BCUT2D eigenvalue weighted by Crippen LogP contribution is 2.50. The summed E-state index contributed by atoms with van der Waals surface area (Å²) >= 11 is 6.32. The third-order valence-electron chi connectivity index (χ3n) is 7.36. The van der Waals surface area contributed by atoms with E-state index in [2.05, 4.69) is 57.4 Å². The monoisotopic (exact) mass is 437 g/mol. The van der Waals surface area contributed by atoms with Gasteiger partial charge in [-0.3, -0.25) is 9.58 Å². The van der Waals surface area contributed by atoms with Crippen molar-refractivity contribution in [2.24, 2.45) is 7.05 Å². The topological polar surface area (TPSA) is 47.2 Å². The Bertz CT molecular complexity index is 1140. The first kappa shape index (κ1) is 19.4. The van der Waals surface area contributed by atoms with Crippen LogP contribution < -0.4 is 5.32 Å². The Morgan fingerprint density at radius 2 is 2.06 bits per heavy atom. The number of rotatable bonds is 2. The van der Waals surface area contributed by atoms with Crippen LogP contribution in [0.1, 0.15) is 36.2 Å². The molecule has 1 atom stereocenters. The van der Waals surface area contributed by atoms with Crippen molar-refractivity contribution in [1.82, 2.24) is 19.2 Å². The molecule has 2 fully saturated rings. The van der Waals surface area contributed by atoms with Gasteiger partial charge in [-0.15, -0.1) is 0 Å². The minimum absolute atomic E-state index is 0.0708. The van der Waals surface area contributed by atoms with Gasteiger partial charge in [0.05, 0.1) is 35.0 Å². The fraction of sp³-hybridized carbons (Fsp3) is 0.458. The van der Waals surface area contributed by atoms with E-state index in [9.17, 15) is 0 Å². The summed E-state index contributed by atoms with van der Waals surface area (Å²) in [5.74, 6) is 0. The van der Waals surface area contributed by atoms with Crippen LogP contribution in [0.15, 0.2) is 42.7 Å². The lowest BCUT2D eigenvalue weighted by Gasteiger charge is -2.41. The number of hydrogen-bond donors (Lipinski definition) is 1. The Labute approximate surface area is 187 Å². The van der Waals surface area contributed by atoms with Crippen molar-refractivity contribution in [3.63, 3.8) is 0 Å². The van der Waals surface area contributed by atoms with E-state index in [1.807, 2.05) is 23.9 Å².